The standard InChI is InChI=1S/C22H24N4O2/c1-15-21(20(28)14-25-11-8-18(27)9-12-25)22-19(3-2-10-24-22)26(15)17-6-4-16(13-23)5-7-17/h2-7,10,18,20,27-28H,8-9,11-12,14H2,1H3. The third-order valence-corrected chi connectivity index (χ3v) is 5.58. The van der Waals surface area contributed by atoms with E-state index in [4.69, 9.17) is 5.26 Å². The fourth-order valence-corrected chi connectivity index (χ4v) is 4.11. The van der Waals surface area contributed by atoms with Crippen LogP contribution in [0.1, 0.15) is 35.8 Å². The summed E-state index contributed by atoms with van der Waals surface area (Å²) in [6.07, 6.45) is 2.36. The van der Waals surface area contributed by atoms with Gasteiger partial charge in [0, 0.05) is 42.8 Å². The number of rotatable bonds is 4. The Morgan fingerprint density at radius 3 is 2.61 bits per heavy atom. The van der Waals surface area contributed by atoms with Crippen molar-refractivity contribution in [3.63, 3.8) is 0 Å². The van der Waals surface area contributed by atoms with E-state index >= 15 is 0 Å². The highest BCUT2D eigenvalue weighted by atomic mass is 16.3. The summed E-state index contributed by atoms with van der Waals surface area (Å²) >= 11 is 0. The Labute approximate surface area is 164 Å². The zero-order valence-electron chi connectivity index (χ0n) is 15.9. The Morgan fingerprint density at radius 2 is 1.93 bits per heavy atom. The number of hydrogen-bond donors (Lipinski definition) is 2. The minimum atomic E-state index is -0.660. The maximum Gasteiger partial charge on any atom is 0.0991 e. The highest BCUT2D eigenvalue weighted by molar-refractivity contribution is 5.84. The summed E-state index contributed by atoms with van der Waals surface area (Å²) in [6.45, 7) is 4.10. The van der Waals surface area contributed by atoms with E-state index in [2.05, 4.69) is 20.5 Å². The van der Waals surface area contributed by atoms with E-state index in [1.807, 2.05) is 31.2 Å². The first-order valence-corrected chi connectivity index (χ1v) is 9.63. The number of pyridine rings is 1. The number of likely N-dealkylation sites (tertiary alicyclic amines) is 1. The molecule has 6 heteroatoms. The van der Waals surface area contributed by atoms with Crippen molar-refractivity contribution in [3.05, 3.63) is 59.4 Å². The maximum atomic E-state index is 11.1. The van der Waals surface area contributed by atoms with Crippen LogP contribution >= 0.6 is 0 Å². The van der Waals surface area contributed by atoms with Crippen molar-refractivity contribution in [1.29, 1.82) is 5.26 Å². The molecule has 28 heavy (non-hydrogen) atoms. The van der Waals surface area contributed by atoms with Crippen molar-refractivity contribution < 1.29 is 10.2 Å². The SMILES string of the molecule is Cc1c(C(O)CN2CCC(O)CC2)c2ncccc2n1-c1ccc(C#N)cc1. The highest BCUT2D eigenvalue weighted by Gasteiger charge is 2.25. The minimum absolute atomic E-state index is 0.227. The van der Waals surface area contributed by atoms with Crippen molar-refractivity contribution in [2.45, 2.75) is 32.0 Å². The van der Waals surface area contributed by atoms with Crippen LogP contribution in [-0.4, -0.2) is 50.4 Å². The van der Waals surface area contributed by atoms with Gasteiger partial charge in [-0.2, -0.15) is 5.26 Å². The Bertz CT molecular complexity index is 1010. The van der Waals surface area contributed by atoms with Gasteiger partial charge in [-0.3, -0.25) is 4.98 Å². The third-order valence-electron chi connectivity index (χ3n) is 5.58. The van der Waals surface area contributed by atoms with Gasteiger partial charge >= 0.3 is 0 Å². The molecule has 1 aliphatic rings. The lowest BCUT2D eigenvalue weighted by molar-refractivity contribution is 0.0509. The van der Waals surface area contributed by atoms with Crippen molar-refractivity contribution >= 4 is 11.0 Å². The van der Waals surface area contributed by atoms with Gasteiger partial charge in [-0.25, -0.2) is 0 Å². The normalized spacial score (nSPS) is 16.9. The number of β-amino-alcohol motifs (C(OH)–C–C–N with tert-alkyl or cyclic N) is 1. The number of hydrogen-bond acceptors (Lipinski definition) is 5. The first-order valence-electron chi connectivity index (χ1n) is 9.63. The van der Waals surface area contributed by atoms with E-state index in [-0.39, 0.29) is 6.10 Å². The molecule has 1 aliphatic heterocycles. The van der Waals surface area contributed by atoms with Crippen LogP contribution in [0.2, 0.25) is 0 Å². The first-order chi connectivity index (χ1) is 13.6. The molecule has 3 aromatic rings. The molecule has 1 saturated heterocycles. The summed E-state index contributed by atoms with van der Waals surface area (Å²) in [4.78, 5) is 6.76. The Hall–Kier alpha value is -2.72. The number of benzene rings is 1. The Morgan fingerprint density at radius 1 is 1.21 bits per heavy atom. The van der Waals surface area contributed by atoms with Gasteiger partial charge in [0.2, 0.25) is 0 Å². The van der Waals surface area contributed by atoms with Gasteiger partial charge in [0.05, 0.1) is 34.9 Å². The molecular weight excluding hydrogens is 352 g/mol. The van der Waals surface area contributed by atoms with Crippen molar-refractivity contribution in [1.82, 2.24) is 14.5 Å². The molecule has 1 fully saturated rings. The molecule has 2 N–H and O–H groups in total. The predicted octanol–water partition coefficient (Wildman–Crippen LogP) is 2.70. The van der Waals surface area contributed by atoms with E-state index in [9.17, 15) is 10.2 Å². The van der Waals surface area contributed by atoms with E-state index in [1.54, 1.807) is 18.3 Å². The summed E-state index contributed by atoms with van der Waals surface area (Å²) in [5, 5.41) is 29.8. The highest BCUT2D eigenvalue weighted by Crippen LogP contribution is 2.32. The van der Waals surface area contributed by atoms with Crippen LogP contribution in [0.15, 0.2) is 42.6 Å². The van der Waals surface area contributed by atoms with Crippen molar-refractivity contribution in [2.24, 2.45) is 0 Å². The molecule has 4 rings (SSSR count). The third kappa shape index (κ3) is 3.40. The van der Waals surface area contributed by atoms with E-state index in [0.717, 1.165) is 53.9 Å². The second-order valence-corrected chi connectivity index (χ2v) is 7.41. The Kier molecular flexibility index (Phi) is 5.14. The molecular formula is C22H24N4O2. The maximum absolute atomic E-state index is 11.1. The number of aliphatic hydroxyl groups excluding tert-OH is 2. The smallest absolute Gasteiger partial charge is 0.0991 e. The lowest BCUT2D eigenvalue weighted by Crippen LogP contribution is -2.38. The fourth-order valence-electron chi connectivity index (χ4n) is 4.11. The van der Waals surface area contributed by atoms with Gasteiger partial charge in [-0.1, -0.05) is 0 Å². The van der Waals surface area contributed by atoms with Crippen LogP contribution in [0.3, 0.4) is 0 Å². The molecule has 0 amide bonds. The largest absolute Gasteiger partial charge is 0.393 e. The average molecular weight is 376 g/mol. The number of piperidine rings is 1. The van der Waals surface area contributed by atoms with E-state index in [0.29, 0.717) is 12.1 Å². The lowest BCUT2D eigenvalue weighted by atomic mass is 10.0. The minimum Gasteiger partial charge on any atom is -0.393 e. The van der Waals surface area contributed by atoms with Crippen LogP contribution in [0.4, 0.5) is 0 Å². The second-order valence-electron chi connectivity index (χ2n) is 7.41. The van der Waals surface area contributed by atoms with Gasteiger partial charge in [-0.05, 0) is 56.2 Å². The molecule has 1 atom stereocenters. The first kappa shape index (κ1) is 18.6. The van der Waals surface area contributed by atoms with Crippen LogP contribution in [0, 0.1) is 18.3 Å². The molecule has 1 aromatic carbocycles. The molecule has 144 valence electrons. The van der Waals surface area contributed by atoms with Crippen LogP contribution in [-0.2, 0) is 0 Å². The zero-order valence-corrected chi connectivity index (χ0v) is 15.9. The van der Waals surface area contributed by atoms with E-state index in [1.165, 1.54) is 0 Å². The molecule has 0 saturated carbocycles. The fraction of sp³-hybridized carbons (Fsp3) is 0.364. The van der Waals surface area contributed by atoms with Gasteiger partial charge < -0.3 is 19.7 Å². The number of aliphatic hydroxyl groups is 2. The van der Waals surface area contributed by atoms with Gasteiger partial charge in [-0.15, -0.1) is 0 Å². The number of nitriles is 1. The summed E-state index contributed by atoms with van der Waals surface area (Å²) in [5.41, 5.74) is 5.08. The summed E-state index contributed by atoms with van der Waals surface area (Å²) < 4.78 is 2.09. The molecule has 1 unspecified atom stereocenters. The molecule has 0 radical (unpaired) electrons. The molecule has 0 spiro atoms. The number of nitrogens with zero attached hydrogens (tertiary/aromatic N) is 4. The Balaban J connectivity index is 1.72. The average Bonchev–Trinajstić information content (AvgIpc) is 3.01. The summed E-state index contributed by atoms with van der Waals surface area (Å²) in [7, 11) is 0. The molecule has 2 aromatic heterocycles. The van der Waals surface area contributed by atoms with Crippen LogP contribution < -0.4 is 0 Å². The summed E-state index contributed by atoms with van der Waals surface area (Å²) in [6, 6.07) is 13.5. The second kappa shape index (κ2) is 7.72. The molecule has 3 heterocycles. The molecule has 6 nitrogen and oxygen atoms in total. The molecule has 0 bridgehead atoms. The van der Waals surface area contributed by atoms with Crippen molar-refractivity contribution in [3.8, 4) is 11.8 Å². The van der Waals surface area contributed by atoms with Crippen LogP contribution in [0.25, 0.3) is 16.7 Å². The van der Waals surface area contributed by atoms with Gasteiger partial charge in [0.1, 0.15) is 0 Å². The summed E-state index contributed by atoms with van der Waals surface area (Å²) in [5.74, 6) is 0. The van der Waals surface area contributed by atoms with Crippen LogP contribution in [0.5, 0.6) is 0 Å². The monoisotopic (exact) mass is 376 g/mol. The zero-order chi connectivity index (χ0) is 19.7. The number of aromatic nitrogens is 2. The number of fused-ring (bicyclic) bond motifs is 1. The predicted molar refractivity (Wildman–Crippen MR) is 107 cm³/mol. The van der Waals surface area contributed by atoms with Crippen molar-refractivity contribution in [2.75, 3.05) is 19.6 Å². The van der Waals surface area contributed by atoms with Gasteiger partial charge in [0.25, 0.3) is 0 Å². The lowest BCUT2D eigenvalue weighted by Gasteiger charge is -2.31. The quantitative estimate of drug-likeness (QED) is 0.731. The van der Waals surface area contributed by atoms with E-state index < -0.39 is 6.10 Å². The molecule has 0 aliphatic carbocycles. The topological polar surface area (TPSA) is 85.3 Å². The van der Waals surface area contributed by atoms with Gasteiger partial charge in [0.15, 0.2) is 0 Å².